The van der Waals surface area contributed by atoms with Gasteiger partial charge in [-0.1, -0.05) is 35.9 Å². The SMILES string of the molecule is C=CCn1c(=O)c2c(ncn2Cc2ccc(C(=O)OC)cc2)n(-c2ccc(C)cc2)c1=O. The quantitative estimate of drug-likeness (QED) is 0.347. The number of hydrogen-bond acceptors (Lipinski definition) is 5. The maximum absolute atomic E-state index is 13.2. The molecule has 32 heavy (non-hydrogen) atoms. The van der Waals surface area contributed by atoms with E-state index < -0.39 is 17.2 Å². The van der Waals surface area contributed by atoms with Crippen LogP contribution in [0.4, 0.5) is 0 Å². The first-order valence-corrected chi connectivity index (χ1v) is 10.0. The van der Waals surface area contributed by atoms with Crippen LogP contribution in [0.15, 0.2) is 77.1 Å². The summed E-state index contributed by atoms with van der Waals surface area (Å²) in [4.78, 5) is 42.4. The molecule has 2 aromatic carbocycles. The number of carbonyl (C=O) groups excluding carboxylic acids is 1. The van der Waals surface area contributed by atoms with Crippen molar-refractivity contribution in [1.29, 1.82) is 0 Å². The summed E-state index contributed by atoms with van der Waals surface area (Å²) >= 11 is 0. The van der Waals surface area contributed by atoms with Gasteiger partial charge in [0.05, 0.1) is 24.7 Å². The van der Waals surface area contributed by atoms with E-state index in [0.717, 1.165) is 15.7 Å². The predicted octanol–water partition coefficient (Wildman–Crippen LogP) is 2.68. The monoisotopic (exact) mass is 430 g/mol. The number of benzene rings is 2. The fraction of sp³-hybridized carbons (Fsp3) is 0.167. The van der Waals surface area contributed by atoms with Crippen molar-refractivity contribution in [2.45, 2.75) is 20.0 Å². The summed E-state index contributed by atoms with van der Waals surface area (Å²) in [5.74, 6) is -0.418. The maximum atomic E-state index is 13.2. The number of aryl methyl sites for hydroxylation is 1. The lowest BCUT2D eigenvalue weighted by atomic mass is 10.1. The molecule has 2 aromatic heterocycles. The first-order chi connectivity index (χ1) is 15.4. The summed E-state index contributed by atoms with van der Waals surface area (Å²) < 4.78 is 9.02. The Bertz CT molecular complexity index is 1420. The number of allylic oxidation sites excluding steroid dienone is 1. The van der Waals surface area contributed by atoms with Gasteiger partial charge in [0.1, 0.15) is 0 Å². The first kappa shape index (κ1) is 21.0. The molecule has 0 atom stereocenters. The zero-order chi connectivity index (χ0) is 22.8. The molecule has 0 aliphatic heterocycles. The van der Waals surface area contributed by atoms with Gasteiger partial charge in [-0.3, -0.25) is 9.36 Å². The fourth-order valence-corrected chi connectivity index (χ4v) is 3.58. The molecular formula is C24H22N4O4. The Morgan fingerprint density at radius 3 is 2.41 bits per heavy atom. The molecule has 4 rings (SSSR count). The normalized spacial score (nSPS) is 10.9. The van der Waals surface area contributed by atoms with Crippen LogP contribution in [0.5, 0.6) is 0 Å². The van der Waals surface area contributed by atoms with Crippen LogP contribution in [0.1, 0.15) is 21.5 Å². The van der Waals surface area contributed by atoms with Crippen LogP contribution in [0.3, 0.4) is 0 Å². The van der Waals surface area contributed by atoms with Gasteiger partial charge >= 0.3 is 11.7 Å². The van der Waals surface area contributed by atoms with E-state index in [4.69, 9.17) is 4.74 Å². The zero-order valence-corrected chi connectivity index (χ0v) is 17.8. The third kappa shape index (κ3) is 3.66. The molecule has 0 saturated carbocycles. The molecule has 0 spiro atoms. The number of rotatable bonds is 6. The second-order valence-corrected chi connectivity index (χ2v) is 7.39. The molecule has 162 valence electrons. The third-order valence-electron chi connectivity index (χ3n) is 5.23. The van der Waals surface area contributed by atoms with Gasteiger partial charge in [-0.15, -0.1) is 6.58 Å². The number of imidazole rings is 1. The average molecular weight is 430 g/mol. The van der Waals surface area contributed by atoms with E-state index in [1.54, 1.807) is 35.2 Å². The van der Waals surface area contributed by atoms with Gasteiger partial charge in [-0.25, -0.2) is 19.1 Å². The van der Waals surface area contributed by atoms with Crippen LogP contribution in [0, 0.1) is 6.92 Å². The minimum atomic E-state index is -0.473. The number of hydrogen-bond donors (Lipinski definition) is 0. The van der Waals surface area contributed by atoms with E-state index in [1.165, 1.54) is 17.8 Å². The summed E-state index contributed by atoms with van der Waals surface area (Å²) in [5, 5.41) is 0. The maximum Gasteiger partial charge on any atom is 0.337 e. The molecule has 2 heterocycles. The molecule has 0 aliphatic rings. The summed E-state index contributed by atoms with van der Waals surface area (Å²) in [7, 11) is 1.33. The van der Waals surface area contributed by atoms with E-state index in [-0.39, 0.29) is 12.2 Å². The Morgan fingerprint density at radius 2 is 1.78 bits per heavy atom. The van der Waals surface area contributed by atoms with Crippen LogP contribution in [0.2, 0.25) is 0 Å². The molecule has 8 heteroatoms. The Balaban J connectivity index is 1.88. The predicted molar refractivity (Wildman–Crippen MR) is 121 cm³/mol. The second kappa shape index (κ2) is 8.50. The molecule has 0 fully saturated rings. The summed E-state index contributed by atoms with van der Waals surface area (Å²) in [5.41, 5.74) is 2.66. The van der Waals surface area contributed by atoms with Gasteiger partial charge in [0.2, 0.25) is 0 Å². The summed E-state index contributed by atoms with van der Waals surface area (Å²) in [6.07, 6.45) is 3.06. The second-order valence-electron chi connectivity index (χ2n) is 7.39. The lowest BCUT2D eigenvalue weighted by molar-refractivity contribution is 0.0600. The summed E-state index contributed by atoms with van der Waals surface area (Å²) in [6.45, 7) is 6.05. The molecule has 8 nitrogen and oxygen atoms in total. The largest absolute Gasteiger partial charge is 0.465 e. The number of carbonyl (C=O) groups is 1. The van der Waals surface area contributed by atoms with E-state index in [9.17, 15) is 14.4 Å². The lowest BCUT2D eigenvalue weighted by Gasteiger charge is -2.12. The van der Waals surface area contributed by atoms with Crippen molar-refractivity contribution in [3.8, 4) is 5.69 Å². The van der Waals surface area contributed by atoms with E-state index in [1.807, 2.05) is 31.2 Å². The number of ether oxygens (including phenoxy) is 1. The van der Waals surface area contributed by atoms with Crippen molar-refractivity contribution in [2.75, 3.05) is 7.11 Å². The Kier molecular flexibility index (Phi) is 5.59. The molecule has 0 unspecified atom stereocenters. The molecule has 0 saturated heterocycles. The van der Waals surface area contributed by atoms with Crippen molar-refractivity contribution >= 4 is 17.1 Å². The van der Waals surface area contributed by atoms with E-state index in [0.29, 0.717) is 23.3 Å². The van der Waals surface area contributed by atoms with Gasteiger partial charge in [0.25, 0.3) is 5.56 Å². The highest BCUT2D eigenvalue weighted by molar-refractivity contribution is 5.89. The molecule has 0 amide bonds. The van der Waals surface area contributed by atoms with E-state index in [2.05, 4.69) is 11.6 Å². The van der Waals surface area contributed by atoms with Crippen LogP contribution in [-0.4, -0.2) is 31.8 Å². The van der Waals surface area contributed by atoms with E-state index >= 15 is 0 Å². The first-order valence-electron chi connectivity index (χ1n) is 10.0. The van der Waals surface area contributed by atoms with Gasteiger partial charge in [0.15, 0.2) is 11.2 Å². The zero-order valence-electron chi connectivity index (χ0n) is 17.8. The molecule has 0 aliphatic carbocycles. The molecule has 0 radical (unpaired) electrons. The minimum Gasteiger partial charge on any atom is -0.465 e. The highest BCUT2D eigenvalue weighted by Gasteiger charge is 2.19. The van der Waals surface area contributed by atoms with Gasteiger partial charge in [-0.05, 0) is 36.8 Å². The van der Waals surface area contributed by atoms with Crippen molar-refractivity contribution < 1.29 is 9.53 Å². The molecular weight excluding hydrogens is 408 g/mol. The fourth-order valence-electron chi connectivity index (χ4n) is 3.58. The van der Waals surface area contributed by atoms with Crippen molar-refractivity contribution in [1.82, 2.24) is 18.7 Å². The lowest BCUT2D eigenvalue weighted by Crippen LogP contribution is -2.39. The standard InChI is InChI=1S/C24H22N4O4/c1-4-13-27-22(29)20-21(28(24(27)31)19-11-5-16(2)6-12-19)25-15-26(20)14-17-7-9-18(10-8-17)23(30)32-3/h4-12,15H,1,13-14H2,2-3H3. The Morgan fingerprint density at radius 1 is 1.09 bits per heavy atom. The average Bonchev–Trinajstić information content (AvgIpc) is 3.21. The highest BCUT2D eigenvalue weighted by atomic mass is 16.5. The molecule has 4 aromatic rings. The van der Waals surface area contributed by atoms with Crippen LogP contribution in [-0.2, 0) is 17.8 Å². The van der Waals surface area contributed by atoms with Crippen molar-refractivity contribution in [3.63, 3.8) is 0 Å². The number of esters is 1. The number of aromatic nitrogens is 4. The van der Waals surface area contributed by atoms with Crippen molar-refractivity contribution in [3.05, 3.63) is 105 Å². The summed E-state index contributed by atoms with van der Waals surface area (Å²) in [6, 6.07) is 14.4. The molecule has 0 N–H and O–H groups in total. The topological polar surface area (TPSA) is 88.1 Å². The number of methoxy groups -OCH3 is 1. The number of nitrogens with zero attached hydrogens (tertiary/aromatic N) is 4. The Labute approximate surface area is 183 Å². The van der Waals surface area contributed by atoms with Crippen LogP contribution in [0.25, 0.3) is 16.9 Å². The minimum absolute atomic E-state index is 0.0818. The molecule has 0 bridgehead atoms. The van der Waals surface area contributed by atoms with Gasteiger partial charge in [0, 0.05) is 13.1 Å². The third-order valence-corrected chi connectivity index (χ3v) is 5.23. The highest BCUT2D eigenvalue weighted by Crippen LogP contribution is 2.16. The Hall–Kier alpha value is -4.20. The van der Waals surface area contributed by atoms with Gasteiger partial charge in [-0.2, -0.15) is 0 Å². The van der Waals surface area contributed by atoms with Crippen LogP contribution >= 0.6 is 0 Å². The number of fused-ring (bicyclic) bond motifs is 1. The smallest absolute Gasteiger partial charge is 0.337 e. The van der Waals surface area contributed by atoms with Crippen LogP contribution < -0.4 is 11.2 Å². The van der Waals surface area contributed by atoms with Crippen molar-refractivity contribution in [2.24, 2.45) is 0 Å². The van der Waals surface area contributed by atoms with Gasteiger partial charge < -0.3 is 9.30 Å².